The molecule has 0 unspecified atom stereocenters. The summed E-state index contributed by atoms with van der Waals surface area (Å²) in [6, 6.07) is 6.72. The maximum Gasteiger partial charge on any atom is 0.324 e. The molecule has 5 nitrogen and oxygen atoms in total. The van der Waals surface area contributed by atoms with E-state index >= 15 is 0 Å². The summed E-state index contributed by atoms with van der Waals surface area (Å²) in [6.45, 7) is 0.384. The first-order valence-corrected chi connectivity index (χ1v) is 6.71. The summed E-state index contributed by atoms with van der Waals surface area (Å²) in [5.41, 5.74) is 2.27. The highest BCUT2D eigenvalue weighted by Crippen LogP contribution is 2.26. The summed E-state index contributed by atoms with van der Waals surface area (Å²) in [4.78, 5) is 10.2. The lowest BCUT2D eigenvalue weighted by Gasteiger charge is -2.08. The number of benzene rings is 1. The van der Waals surface area contributed by atoms with Crippen molar-refractivity contribution in [2.75, 3.05) is 5.32 Å². The molecule has 0 aliphatic rings. The number of aliphatic hydroxyl groups excluding tert-OH is 1. The van der Waals surface area contributed by atoms with Crippen LogP contribution in [0.2, 0.25) is 5.02 Å². The fourth-order valence-electron chi connectivity index (χ4n) is 1.55. The second-order valence-electron chi connectivity index (χ2n) is 3.88. The molecule has 0 amide bonds. The smallest absolute Gasteiger partial charge is 0.324 e. The Bertz CT molecular complexity index is 600. The Hall–Kier alpha value is -1.63. The zero-order chi connectivity index (χ0) is 13.8. The first-order chi connectivity index (χ1) is 9.10. The monoisotopic (exact) mass is 298 g/mol. The fraction of sp³-hybridized carbons (Fsp3) is 0.167. The van der Waals surface area contributed by atoms with E-state index in [9.17, 15) is 10.1 Å². The quantitative estimate of drug-likeness (QED) is 0.655. The summed E-state index contributed by atoms with van der Waals surface area (Å²) >= 11 is 7.12. The van der Waals surface area contributed by atoms with Crippen LogP contribution in [0.4, 0.5) is 10.7 Å². The molecule has 0 atom stereocenters. The van der Waals surface area contributed by atoms with Crippen LogP contribution in [-0.4, -0.2) is 10.0 Å². The minimum Gasteiger partial charge on any atom is -0.392 e. The predicted octanol–water partition coefficient (Wildman–Crippen LogP) is 3.41. The van der Waals surface area contributed by atoms with E-state index in [2.05, 4.69) is 5.32 Å². The molecule has 2 N–H and O–H groups in total. The highest BCUT2D eigenvalue weighted by molar-refractivity contribution is 7.13. The van der Waals surface area contributed by atoms with Gasteiger partial charge in [0.15, 0.2) is 0 Å². The number of nitrogens with one attached hydrogen (secondary N) is 1. The van der Waals surface area contributed by atoms with Crippen molar-refractivity contribution < 1.29 is 10.0 Å². The molecule has 0 spiro atoms. The van der Waals surface area contributed by atoms with Crippen molar-refractivity contribution >= 4 is 33.6 Å². The molecule has 19 heavy (non-hydrogen) atoms. The Morgan fingerprint density at radius 2 is 2.16 bits per heavy atom. The van der Waals surface area contributed by atoms with E-state index < -0.39 is 4.92 Å². The molecule has 1 aromatic carbocycles. The molecule has 1 aromatic heterocycles. The van der Waals surface area contributed by atoms with Gasteiger partial charge in [0.2, 0.25) is 0 Å². The molecular weight excluding hydrogens is 288 g/mol. The van der Waals surface area contributed by atoms with Crippen LogP contribution in [0.15, 0.2) is 29.6 Å². The SMILES string of the molecule is O=[N+]([O-])c1cc(CNc2cc(CO)ccc2Cl)cs1. The van der Waals surface area contributed by atoms with E-state index in [1.54, 1.807) is 23.6 Å². The molecule has 0 aliphatic heterocycles. The number of anilines is 1. The van der Waals surface area contributed by atoms with Crippen LogP contribution < -0.4 is 5.32 Å². The molecule has 0 aliphatic carbocycles. The topological polar surface area (TPSA) is 75.4 Å². The van der Waals surface area contributed by atoms with E-state index in [0.29, 0.717) is 17.3 Å². The third-order valence-electron chi connectivity index (χ3n) is 2.52. The third-order valence-corrected chi connectivity index (χ3v) is 3.77. The Balaban J connectivity index is 2.07. The number of hydrogen-bond acceptors (Lipinski definition) is 5. The largest absolute Gasteiger partial charge is 0.392 e. The van der Waals surface area contributed by atoms with Gasteiger partial charge < -0.3 is 10.4 Å². The zero-order valence-corrected chi connectivity index (χ0v) is 11.4. The molecule has 0 fully saturated rings. The maximum absolute atomic E-state index is 10.6. The Morgan fingerprint density at radius 1 is 1.37 bits per heavy atom. The van der Waals surface area contributed by atoms with E-state index in [1.807, 2.05) is 0 Å². The molecule has 0 radical (unpaired) electrons. The Morgan fingerprint density at radius 3 is 2.79 bits per heavy atom. The van der Waals surface area contributed by atoms with Crippen molar-refractivity contribution in [2.45, 2.75) is 13.2 Å². The average molecular weight is 299 g/mol. The molecule has 0 bridgehead atoms. The molecule has 2 aromatic rings. The second kappa shape index (κ2) is 6.01. The van der Waals surface area contributed by atoms with Gasteiger partial charge in [0.1, 0.15) is 0 Å². The van der Waals surface area contributed by atoms with E-state index in [4.69, 9.17) is 16.7 Å². The first-order valence-electron chi connectivity index (χ1n) is 5.45. The zero-order valence-electron chi connectivity index (χ0n) is 9.80. The fourth-order valence-corrected chi connectivity index (χ4v) is 2.47. The minimum atomic E-state index is -0.409. The van der Waals surface area contributed by atoms with Gasteiger partial charge in [0.25, 0.3) is 0 Å². The predicted molar refractivity (Wildman–Crippen MR) is 75.7 cm³/mol. The van der Waals surface area contributed by atoms with E-state index in [-0.39, 0.29) is 11.6 Å². The van der Waals surface area contributed by atoms with Gasteiger partial charge in [0, 0.05) is 18.0 Å². The van der Waals surface area contributed by atoms with Crippen molar-refractivity contribution in [1.29, 1.82) is 0 Å². The number of nitro groups is 1. The van der Waals surface area contributed by atoms with Gasteiger partial charge in [-0.25, -0.2) is 0 Å². The van der Waals surface area contributed by atoms with Crippen molar-refractivity contribution in [3.05, 3.63) is 55.9 Å². The number of halogens is 1. The standard InChI is InChI=1S/C12H11ClN2O3S/c13-10-2-1-8(6-16)3-11(10)14-5-9-4-12(15(17)18)19-7-9/h1-4,7,14,16H,5-6H2. The van der Waals surface area contributed by atoms with Gasteiger partial charge in [0.05, 0.1) is 22.2 Å². The van der Waals surface area contributed by atoms with Crippen LogP contribution in [0.5, 0.6) is 0 Å². The lowest BCUT2D eigenvalue weighted by Crippen LogP contribution is -1.99. The van der Waals surface area contributed by atoms with Crippen LogP contribution in [0.1, 0.15) is 11.1 Å². The lowest BCUT2D eigenvalue weighted by atomic mass is 10.2. The van der Waals surface area contributed by atoms with E-state index in [0.717, 1.165) is 22.5 Å². The highest BCUT2D eigenvalue weighted by Gasteiger charge is 2.09. The van der Waals surface area contributed by atoms with Gasteiger partial charge in [-0.2, -0.15) is 0 Å². The molecule has 100 valence electrons. The normalized spacial score (nSPS) is 10.4. The van der Waals surface area contributed by atoms with Crippen molar-refractivity contribution in [1.82, 2.24) is 0 Å². The maximum atomic E-state index is 10.6. The van der Waals surface area contributed by atoms with Crippen LogP contribution in [0, 0.1) is 10.1 Å². The number of hydrogen-bond donors (Lipinski definition) is 2. The summed E-state index contributed by atoms with van der Waals surface area (Å²) in [7, 11) is 0. The van der Waals surface area contributed by atoms with Crippen molar-refractivity contribution in [3.8, 4) is 0 Å². The van der Waals surface area contributed by atoms with E-state index in [1.165, 1.54) is 6.07 Å². The van der Waals surface area contributed by atoms with Gasteiger partial charge in [-0.05, 0) is 23.3 Å². The molecule has 0 saturated heterocycles. The van der Waals surface area contributed by atoms with Crippen LogP contribution in [0.3, 0.4) is 0 Å². The van der Waals surface area contributed by atoms with Gasteiger partial charge in [-0.15, -0.1) is 0 Å². The molecule has 7 heteroatoms. The third kappa shape index (κ3) is 3.44. The number of nitrogens with zero attached hydrogens (tertiary/aromatic N) is 1. The molecule has 2 rings (SSSR count). The first kappa shape index (κ1) is 13.8. The van der Waals surface area contributed by atoms with Gasteiger partial charge >= 0.3 is 5.00 Å². The minimum absolute atomic E-state index is 0.0598. The lowest BCUT2D eigenvalue weighted by molar-refractivity contribution is -0.380. The van der Waals surface area contributed by atoms with Crippen LogP contribution in [-0.2, 0) is 13.2 Å². The number of thiophene rings is 1. The summed E-state index contributed by atoms with van der Waals surface area (Å²) in [6.07, 6.45) is 0. The number of rotatable bonds is 5. The molecule has 1 heterocycles. The molecule has 0 saturated carbocycles. The molecular formula is C12H11ClN2O3S. The van der Waals surface area contributed by atoms with Crippen molar-refractivity contribution in [3.63, 3.8) is 0 Å². The van der Waals surface area contributed by atoms with Gasteiger partial charge in [-0.1, -0.05) is 29.0 Å². The van der Waals surface area contributed by atoms with Gasteiger partial charge in [-0.3, -0.25) is 10.1 Å². The summed E-state index contributed by atoms with van der Waals surface area (Å²) < 4.78 is 0. The second-order valence-corrected chi connectivity index (χ2v) is 5.17. The Labute approximate surface area is 118 Å². The van der Waals surface area contributed by atoms with Crippen LogP contribution >= 0.6 is 22.9 Å². The average Bonchev–Trinajstić information content (AvgIpc) is 2.87. The highest BCUT2D eigenvalue weighted by atomic mass is 35.5. The summed E-state index contributed by atoms with van der Waals surface area (Å²) in [5.74, 6) is 0. The number of aliphatic hydroxyl groups is 1. The van der Waals surface area contributed by atoms with Crippen molar-refractivity contribution in [2.24, 2.45) is 0 Å². The summed E-state index contributed by atoms with van der Waals surface area (Å²) in [5, 5.41) is 25.1. The van der Waals surface area contributed by atoms with Crippen LogP contribution in [0.25, 0.3) is 0 Å². The Kier molecular flexibility index (Phi) is 4.36.